The van der Waals surface area contributed by atoms with Gasteiger partial charge in [-0.05, 0) is 33.5 Å². The standard InChI is InChI=1S/C12H15NO5.C5H6N2O2/c1-7-4-5-8(10(15)16)9(13(2)3)12(7,6-14)11(17)18;1-3-2-6-5(9)7-4(3)8/h4-6,9H,1-3H3,(H,15,16)(H,17,18);2H,1H3,(H2,6,7,8,9). The maximum atomic E-state index is 11.5. The van der Waals surface area contributed by atoms with Crippen LogP contribution in [0.15, 0.2) is 39.1 Å². The van der Waals surface area contributed by atoms with E-state index in [1.165, 1.54) is 30.2 Å². The summed E-state index contributed by atoms with van der Waals surface area (Å²) in [4.78, 5) is 60.7. The van der Waals surface area contributed by atoms with E-state index in [2.05, 4.69) is 9.97 Å². The Labute approximate surface area is 153 Å². The Hall–Kier alpha value is -3.27. The number of likely N-dealkylation sites (N-methyl/N-ethyl adjacent to an activating group) is 1. The molecule has 0 aliphatic heterocycles. The van der Waals surface area contributed by atoms with Gasteiger partial charge < -0.3 is 24.9 Å². The zero-order chi connectivity index (χ0) is 20.9. The van der Waals surface area contributed by atoms with E-state index in [9.17, 15) is 29.1 Å². The maximum Gasteiger partial charge on any atom is 0.333 e. The molecule has 1 aliphatic rings. The molecule has 1 aromatic heterocycles. The lowest BCUT2D eigenvalue weighted by Gasteiger charge is -2.39. The van der Waals surface area contributed by atoms with Crippen LogP contribution in [-0.4, -0.2) is 63.4 Å². The number of hydrogen-bond acceptors (Lipinski definition) is 6. The lowest BCUT2D eigenvalue weighted by Crippen LogP contribution is -2.54. The molecule has 0 fully saturated rings. The smallest absolute Gasteiger partial charge is 0.333 e. The summed E-state index contributed by atoms with van der Waals surface area (Å²) < 4.78 is 0. The predicted molar refractivity (Wildman–Crippen MR) is 95.5 cm³/mol. The second kappa shape index (κ2) is 8.41. The Kier molecular flexibility index (Phi) is 6.78. The molecule has 0 saturated carbocycles. The highest BCUT2D eigenvalue weighted by atomic mass is 16.4. The normalized spacial score (nSPS) is 21.4. The number of carboxylic acid groups (broad SMARTS) is 2. The average Bonchev–Trinajstić information content (AvgIpc) is 2.58. The molecule has 0 radical (unpaired) electrons. The molecule has 146 valence electrons. The number of carbonyl (C=O) groups excluding carboxylic acids is 1. The lowest BCUT2D eigenvalue weighted by molar-refractivity contribution is -0.152. The molecular formula is C17H21N3O7. The Balaban J connectivity index is 0.000000337. The molecule has 10 heteroatoms. The van der Waals surface area contributed by atoms with Crippen LogP contribution in [0.1, 0.15) is 12.5 Å². The number of carboxylic acids is 2. The van der Waals surface area contributed by atoms with E-state index in [-0.39, 0.29) is 11.1 Å². The van der Waals surface area contributed by atoms with Crippen molar-refractivity contribution >= 4 is 18.2 Å². The van der Waals surface area contributed by atoms with Crippen molar-refractivity contribution in [1.29, 1.82) is 0 Å². The molecule has 0 bridgehead atoms. The molecule has 2 atom stereocenters. The van der Waals surface area contributed by atoms with Gasteiger partial charge in [0.05, 0.1) is 11.6 Å². The van der Waals surface area contributed by atoms with Crippen molar-refractivity contribution in [3.8, 4) is 0 Å². The monoisotopic (exact) mass is 379 g/mol. The van der Waals surface area contributed by atoms with Gasteiger partial charge in [0, 0.05) is 11.8 Å². The van der Waals surface area contributed by atoms with Gasteiger partial charge in [-0.3, -0.25) is 14.6 Å². The fourth-order valence-electron chi connectivity index (χ4n) is 2.75. The lowest BCUT2D eigenvalue weighted by atomic mass is 9.69. The summed E-state index contributed by atoms with van der Waals surface area (Å²) in [5.41, 5.74) is -1.95. The van der Waals surface area contributed by atoms with Crippen LogP contribution >= 0.6 is 0 Å². The first-order valence-electron chi connectivity index (χ1n) is 7.76. The molecule has 0 aromatic carbocycles. The van der Waals surface area contributed by atoms with E-state index < -0.39 is 29.1 Å². The second-order valence-electron chi connectivity index (χ2n) is 6.19. The summed E-state index contributed by atoms with van der Waals surface area (Å²) in [7, 11) is 3.09. The van der Waals surface area contributed by atoms with Crippen molar-refractivity contribution in [1.82, 2.24) is 14.9 Å². The predicted octanol–water partition coefficient (Wildman–Crippen LogP) is -0.471. The van der Waals surface area contributed by atoms with E-state index in [1.807, 2.05) is 0 Å². The largest absolute Gasteiger partial charge is 0.480 e. The third-order valence-corrected chi connectivity index (χ3v) is 4.20. The van der Waals surface area contributed by atoms with Gasteiger partial charge in [-0.2, -0.15) is 0 Å². The van der Waals surface area contributed by atoms with Gasteiger partial charge in [-0.15, -0.1) is 0 Å². The van der Waals surface area contributed by atoms with Gasteiger partial charge in [0.25, 0.3) is 5.56 Å². The van der Waals surface area contributed by atoms with E-state index in [1.54, 1.807) is 21.0 Å². The molecule has 1 heterocycles. The molecule has 10 nitrogen and oxygen atoms in total. The SMILES string of the molecule is CC1=CC=C(C(=O)O)C(N(C)C)C1(C=O)C(=O)O.Cc1c[nH]c(=O)[nH]c1=O. The van der Waals surface area contributed by atoms with E-state index in [4.69, 9.17) is 5.11 Å². The first-order chi connectivity index (χ1) is 12.5. The molecule has 1 aliphatic carbocycles. The number of aryl methyl sites for hydroxylation is 1. The van der Waals surface area contributed by atoms with Crippen molar-refractivity contribution in [3.05, 3.63) is 55.9 Å². The summed E-state index contributed by atoms with van der Waals surface area (Å²) >= 11 is 0. The Morgan fingerprint density at radius 2 is 1.78 bits per heavy atom. The summed E-state index contributed by atoms with van der Waals surface area (Å²) in [6.45, 7) is 3.13. The van der Waals surface area contributed by atoms with Crippen molar-refractivity contribution in [2.75, 3.05) is 14.1 Å². The van der Waals surface area contributed by atoms with E-state index >= 15 is 0 Å². The minimum atomic E-state index is -1.86. The number of aliphatic carboxylic acids is 2. The van der Waals surface area contributed by atoms with Crippen LogP contribution in [0.2, 0.25) is 0 Å². The molecule has 4 N–H and O–H groups in total. The van der Waals surface area contributed by atoms with Crippen molar-refractivity contribution in [2.24, 2.45) is 5.41 Å². The zero-order valence-electron chi connectivity index (χ0n) is 15.3. The molecular weight excluding hydrogens is 358 g/mol. The van der Waals surface area contributed by atoms with Gasteiger partial charge in [0.2, 0.25) is 0 Å². The molecule has 27 heavy (non-hydrogen) atoms. The highest BCUT2D eigenvalue weighted by Crippen LogP contribution is 2.39. The molecule has 2 unspecified atom stereocenters. The molecule has 2 rings (SSSR count). The van der Waals surface area contributed by atoms with Crippen LogP contribution in [0.5, 0.6) is 0 Å². The van der Waals surface area contributed by atoms with Crippen molar-refractivity contribution in [2.45, 2.75) is 19.9 Å². The second-order valence-corrected chi connectivity index (χ2v) is 6.19. The minimum absolute atomic E-state index is 0.111. The van der Waals surface area contributed by atoms with Crippen LogP contribution in [0.4, 0.5) is 0 Å². The van der Waals surface area contributed by atoms with Gasteiger partial charge in [-0.25, -0.2) is 9.59 Å². The average molecular weight is 379 g/mol. The first kappa shape index (κ1) is 21.8. The number of nitrogens with one attached hydrogen (secondary N) is 2. The first-order valence-corrected chi connectivity index (χ1v) is 7.76. The van der Waals surface area contributed by atoms with Gasteiger partial charge >= 0.3 is 17.6 Å². The number of aromatic nitrogens is 2. The Bertz CT molecular complexity index is 923. The van der Waals surface area contributed by atoms with Crippen LogP contribution in [-0.2, 0) is 14.4 Å². The molecule has 0 amide bonds. The van der Waals surface area contributed by atoms with E-state index in [0.29, 0.717) is 17.4 Å². The number of aromatic amines is 2. The van der Waals surface area contributed by atoms with Crippen LogP contribution in [0.3, 0.4) is 0 Å². The number of H-pyrrole nitrogens is 2. The molecule has 1 aromatic rings. The van der Waals surface area contributed by atoms with Crippen LogP contribution in [0, 0.1) is 12.3 Å². The highest BCUT2D eigenvalue weighted by molar-refractivity contribution is 6.02. The summed E-state index contributed by atoms with van der Waals surface area (Å²) in [5, 5.41) is 18.5. The summed E-state index contributed by atoms with van der Waals surface area (Å²) in [6.07, 6.45) is 4.39. The number of hydrogen-bond donors (Lipinski definition) is 4. The maximum absolute atomic E-state index is 11.5. The fourth-order valence-corrected chi connectivity index (χ4v) is 2.75. The highest BCUT2D eigenvalue weighted by Gasteiger charge is 2.53. The summed E-state index contributed by atoms with van der Waals surface area (Å²) in [6, 6.07) is -1.03. The topological polar surface area (TPSA) is 161 Å². The van der Waals surface area contributed by atoms with Gasteiger partial charge in [-0.1, -0.05) is 12.2 Å². The number of carbonyl (C=O) groups is 3. The number of rotatable bonds is 4. The number of allylic oxidation sites excluding steroid dienone is 2. The Morgan fingerprint density at radius 1 is 1.19 bits per heavy atom. The third-order valence-electron chi connectivity index (χ3n) is 4.20. The van der Waals surface area contributed by atoms with Gasteiger partial charge in [0.1, 0.15) is 6.29 Å². The van der Waals surface area contributed by atoms with Crippen molar-refractivity contribution in [3.63, 3.8) is 0 Å². The van der Waals surface area contributed by atoms with Crippen LogP contribution in [0.25, 0.3) is 0 Å². The van der Waals surface area contributed by atoms with Crippen molar-refractivity contribution < 1.29 is 24.6 Å². The molecule has 0 spiro atoms. The minimum Gasteiger partial charge on any atom is -0.480 e. The van der Waals surface area contributed by atoms with Gasteiger partial charge in [0.15, 0.2) is 5.41 Å². The molecule has 0 saturated heterocycles. The van der Waals surface area contributed by atoms with Crippen LogP contribution < -0.4 is 11.2 Å². The van der Waals surface area contributed by atoms with E-state index in [0.717, 1.165) is 0 Å². The number of aldehydes is 1. The number of nitrogens with zero attached hydrogens (tertiary/aromatic N) is 1. The quantitative estimate of drug-likeness (QED) is 0.403. The summed E-state index contributed by atoms with van der Waals surface area (Å²) in [5.74, 6) is -2.58. The fraction of sp³-hybridized carbons (Fsp3) is 0.353. The zero-order valence-corrected chi connectivity index (χ0v) is 15.3. The third kappa shape index (κ3) is 4.29. The Morgan fingerprint density at radius 3 is 2.15 bits per heavy atom.